The number of hydrogen-bond donors (Lipinski definition) is 2. The number of benzene rings is 1. The van der Waals surface area contributed by atoms with Crippen LogP contribution in [0.5, 0.6) is 0 Å². The summed E-state index contributed by atoms with van der Waals surface area (Å²) < 4.78 is 16.4. The molecular weight excluding hydrogens is 384 g/mol. The van der Waals surface area contributed by atoms with Gasteiger partial charge in [-0.1, -0.05) is 0 Å². The lowest BCUT2D eigenvalue weighted by Crippen LogP contribution is -2.43. The number of piperazine rings is 1. The van der Waals surface area contributed by atoms with Gasteiger partial charge in [0.15, 0.2) is 0 Å². The van der Waals surface area contributed by atoms with Crippen LogP contribution in [0.15, 0.2) is 23.1 Å². The van der Waals surface area contributed by atoms with Crippen molar-refractivity contribution in [1.29, 1.82) is 0 Å². The second-order valence-corrected chi connectivity index (χ2v) is 6.37. The van der Waals surface area contributed by atoms with Gasteiger partial charge in [0.05, 0.1) is 11.2 Å². The van der Waals surface area contributed by atoms with E-state index in [1.165, 1.54) is 12.3 Å². The molecule has 1 aromatic heterocycles. The average Bonchev–Trinajstić information content (AvgIpc) is 3.40. The number of halogens is 3. The third-order valence-electron chi connectivity index (χ3n) is 4.73. The summed E-state index contributed by atoms with van der Waals surface area (Å²) in [6.07, 6.45) is 3.29. The summed E-state index contributed by atoms with van der Waals surface area (Å²) in [7, 11) is 0. The molecule has 0 spiro atoms. The van der Waals surface area contributed by atoms with Gasteiger partial charge >= 0.3 is 5.97 Å². The number of pyridine rings is 1. The molecule has 0 radical (unpaired) electrons. The van der Waals surface area contributed by atoms with E-state index < -0.39 is 17.2 Å². The number of rotatable bonds is 3. The van der Waals surface area contributed by atoms with Crippen LogP contribution in [-0.2, 0) is 0 Å². The van der Waals surface area contributed by atoms with Gasteiger partial charge in [-0.05, 0) is 25.0 Å². The molecule has 2 heterocycles. The van der Waals surface area contributed by atoms with Gasteiger partial charge in [-0.2, -0.15) is 0 Å². The number of carboxylic acids is 1. The monoisotopic (exact) mass is 403 g/mol. The molecule has 0 bridgehead atoms. The number of fused-ring (bicyclic) bond motifs is 1. The van der Waals surface area contributed by atoms with E-state index in [4.69, 9.17) is 0 Å². The van der Waals surface area contributed by atoms with Gasteiger partial charge in [-0.25, -0.2) is 9.18 Å². The fourth-order valence-electron chi connectivity index (χ4n) is 3.31. The minimum atomic E-state index is -1.28. The second-order valence-electron chi connectivity index (χ2n) is 6.37. The van der Waals surface area contributed by atoms with Crippen LogP contribution < -0.4 is 15.6 Å². The summed E-state index contributed by atoms with van der Waals surface area (Å²) in [5.74, 6) is -1.76. The standard InChI is InChI=1S/C17H18FN3O3.2ClH/c18-13-7-11-14(8-15(13)20-5-3-19-4-6-20)21(10-1-2-10)9-12(16(11)22)17(23)24;;/h7-10,19H,1-6H2,(H,23,24);2*1H. The Hall–Kier alpha value is -1.83. The van der Waals surface area contributed by atoms with Crippen LogP contribution in [0.25, 0.3) is 10.9 Å². The summed E-state index contributed by atoms with van der Waals surface area (Å²) in [5.41, 5.74) is 0.159. The lowest BCUT2D eigenvalue weighted by molar-refractivity contribution is 0.0695. The van der Waals surface area contributed by atoms with Crippen molar-refractivity contribution in [3.8, 4) is 0 Å². The van der Waals surface area contributed by atoms with Gasteiger partial charge in [-0.15, -0.1) is 24.8 Å². The first-order chi connectivity index (χ1) is 11.6. The fraction of sp³-hybridized carbons (Fsp3) is 0.412. The molecule has 2 fully saturated rings. The Balaban J connectivity index is 0.00000121. The third-order valence-corrected chi connectivity index (χ3v) is 4.73. The summed E-state index contributed by atoms with van der Waals surface area (Å²) >= 11 is 0. The van der Waals surface area contributed by atoms with Gasteiger partial charge in [0.2, 0.25) is 5.43 Å². The Labute approximate surface area is 161 Å². The number of carbonyl (C=O) groups is 1. The molecule has 1 aromatic carbocycles. The summed E-state index contributed by atoms with van der Waals surface area (Å²) in [5, 5.41) is 12.6. The van der Waals surface area contributed by atoms with E-state index in [1.54, 1.807) is 6.07 Å². The smallest absolute Gasteiger partial charge is 0.341 e. The maximum atomic E-state index is 14.6. The molecule has 9 heteroatoms. The van der Waals surface area contributed by atoms with Crippen molar-refractivity contribution in [1.82, 2.24) is 9.88 Å². The highest BCUT2D eigenvalue weighted by atomic mass is 35.5. The molecule has 6 nitrogen and oxygen atoms in total. The van der Waals surface area contributed by atoms with Crippen molar-refractivity contribution in [2.75, 3.05) is 31.1 Å². The Morgan fingerprint density at radius 3 is 2.42 bits per heavy atom. The predicted octanol–water partition coefficient (Wildman–Crippen LogP) is 2.43. The maximum Gasteiger partial charge on any atom is 0.341 e. The number of aromatic carboxylic acids is 1. The van der Waals surface area contributed by atoms with Gasteiger partial charge in [0.1, 0.15) is 11.4 Å². The van der Waals surface area contributed by atoms with Crippen LogP contribution >= 0.6 is 24.8 Å². The molecule has 1 saturated heterocycles. The summed E-state index contributed by atoms with van der Waals surface area (Å²) in [6, 6.07) is 3.08. The molecule has 2 N–H and O–H groups in total. The lowest BCUT2D eigenvalue weighted by Gasteiger charge is -2.30. The predicted molar refractivity (Wildman–Crippen MR) is 103 cm³/mol. The molecule has 1 saturated carbocycles. The summed E-state index contributed by atoms with van der Waals surface area (Å²) in [6.45, 7) is 2.96. The number of nitrogens with zero attached hydrogens (tertiary/aromatic N) is 2. The highest BCUT2D eigenvalue weighted by molar-refractivity contribution is 5.93. The first kappa shape index (κ1) is 20.5. The van der Waals surface area contributed by atoms with E-state index in [9.17, 15) is 19.1 Å². The third kappa shape index (κ3) is 3.51. The largest absolute Gasteiger partial charge is 0.477 e. The molecule has 0 unspecified atom stereocenters. The molecule has 2 aromatic rings. The second kappa shape index (κ2) is 7.82. The Bertz CT molecular complexity index is 893. The normalized spacial score (nSPS) is 16.7. The van der Waals surface area contributed by atoms with E-state index in [-0.39, 0.29) is 41.8 Å². The lowest BCUT2D eigenvalue weighted by atomic mass is 10.1. The Kier molecular flexibility index (Phi) is 6.16. The SMILES string of the molecule is Cl.Cl.O=C(O)c1cn(C2CC2)c2cc(N3CCNCC3)c(F)cc2c1=O. The van der Waals surface area contributed by atoms with Crippen LogP contribution in [0.4, 0.5) is 10.1 Å². The van der Waals surface area contributed by atoms with E-state index in [0.29, 0.717) is 24.3 Å². The first-order valence-electron chi connectivity index (χ1n) is 8.13. The Morgan fingerprint density at radius 1 is 1.19 bits per heavy atom. The zero-order valence-electron chi connectivity index (χ0n) is 13.9. The number of hydrogen-bond acceptors (Lipinski definition) is 4. The van der Waals surface area contributed by atoms with E-state index >= 15 is 0 Å². The van der Waals surface area contributed by atoms with Crippen LogP contribution in [-0.4, -0.2) is 41.8 Å². The molecule has 0 amide bonds. The molecule has 4 rings (SSSR count). The zero-order valence-corrected chi connectivity index (χ0v) is 15.5. The summed E-state index contributed by atoms with van der Waals surface area (Å²) in [4.78, 5) is 25.7. The minimum Gasteiger partial charge on any atom is -0.477 e. The fourth-order valence-corrected chi connectivity index (χ4v) is 3.31. The van der Waals surface area contributed by atoms with E-state index in [1.807, 2.05) is 9.47 Å². The van der Waals surface area contributed by atoms with Crippen molar-refractivity contribution in [2.45, 2.75) is 18.9 Å². The number of aromatic nitrogens is 1. The molecule has 1 aliphatic carbocycles. The average molecular weight is 404 g/mol. The van der Waals surface area contributed by atoms with E-state index in [2.05, 4.69) is 5.32 Å². The zero-order chi connectivity index (χ0) is 16.8. The van der Waals surface area contributed by atoms with Crippen molar-refractivity contribution >= 4 is 47.4 Å². The molecule has 26 heavy (non-hydrogen) atoms. The number of carboxylic acid groups (broad SMARTS) is 1. The van der Waals surface area contributed by atoms with Crippen LogP contribution in [0.2, 0.25) is 0 Å². The van der Waals surface area contributed by atoms with Crippen LogP contribution in [0.1, 0.15) is 29.2 Å². The van der Waals surface area contributed by atoms with Crippen molar-refractivity contribution < 1.29 is 14.3 Å². The quantitative estimate of drug-likeness (QED) is 0.822. The first-order valence-corrected chi connectivity index (χ1v) is 8.13. The molecule has 2 aliphatic rings. The van der Waals surface area contributed by atoms with E-state index in [0.717, 1.165) is 25.9 Å². The number of nitrogens with one attached hydrogen (secondary N) is 1. The van der Waals surface area contributed by atoms with Crippen molar-refractivity contribution in [2.24, 2.45) is 0 Å². The van der Waals surface area contributed by atoms with Gasteiger partial charge in [0.25, 0.3) is 0 Å². The minimum absolute atomic E-state index is 0. The highest BCUT2D eigenvalue weighted by Gasteiger charge is 2.28. The molecule has 0 atom stereocenters. The highest BCUT2D eigenvalue weighted by Crippen LogP contribution is 2.38. The van der Waals surface area contributed by atoms with Gasteiger partial charge < -0.3 is 19.9 Å². The molecule has 142 valence electrons. The molecular formula is C17H20Cl2FN3O3. The van der Waals surface area contributed by atoms with Crippen molar-refractivity contribution in [3.05, 3.63) is 39.9 Å². The Morgan fingerprint density at radius 2 is 1.85 bits per heavy atom. The maximum absolute atomic E-state index is 14.6. The van der Waals surface area contributed by atoms with Gasteiger partial charge in [0, 0.05) is 43.8 Å². The van der Waals surface area contributed by atoms with Gasteiger partial charge in [-0.3, -0.25) is 4.79 Å². The van der Waals surface area contributed by atoms with Crippen LogP contribution in [0, 0.1) is 5.82 Å². The van der Waals surface area contributed by atoms with Crippen molar-refractivity contribution in [3.63, 3.8) is 0 Å². The van der Waals surface area contributed by atoms with Crippen LogP contribution in [0.3, 0.4) is 0 Å². The topological polar surface area (TPSA) is 74.6 Å². The number of anilines is 1. The molecule has 1 aliphatic heterocycles.